The van der Waals surface area contributed by atoms with E-state index in [0.717, 1.165) is 16.5 Å². The van der Waals surface area contributed by atoms with Gasteiger partial charge in [0.2, 0.25) is 0 Å². The van der Waals surface area contributed by atoms with Gasteiger partial charge in [-0.05, 0) is 17.7 Å². The highest BCUT2D eigenvalue weighted by Gasteiger charge is 2.01. The van der Waals surface area contributed by atoms with Crippen molar-refractivity contribution in [1.29, 1.82) is 0 Å². The van der Waals surface area contributed by atoms with Crippen molar-refractivity contribution >= 4 is 28.6 Å². The maximum atomic E-state index is 5.86. The molecule has 60 valence electrons. The van der Waals surface area contributed by atoms with E-state index in [2.05, 4.69) is 16.8 Å². The van der Waals surface area contributed by atoms with Gasteiger partial charge in [-0.25, -0.2) is 0 Å². The van der Waals surface area contributed by atoms with E-state index in [4.69, 9.17) is 11.6 Å². The zero-order valence-electron chi connectivity index (χ0n) is 6.34. The first-order valence-electron chi connectivity index (χ1n) is 3.56. The molecular weight excluding hydrogens is 172 g/mol. The van der Waals surface area contributed by atoms with Crippen LogP contribution in [0.2, 0.25) is 5.02 Å². The van der Waals surface area contributed by atoms with Crippen molar-refractivity contribution in [2.75, 3.05) is 0 Å². The van der Waals surface area contributed by atoms with Gasteiger partial charge >= 0.3 is 0 Å². The lowest BCUT2D eigenvalue weighted by atomic mass is 10.1. The predicted octanol–water partition coefficient (Wildman–Crippen LogP) is 2.86. The third-order valence-corrected chi connectivity index (χ3v) is 1.99. The van der Waals surface area contributed by atoms with E-state index in [0.29, 0.717) is 5.02 Å². The largest absolute Gasteiger partial charge is 0.278 e. The average Bonchev–Trinajstić information content (AvgIpc) is 2.50. The molecule has 0 spiro atoms. The van der Waals surface area contributed by atoms with Crippen molar-refractivity contribution in [2.45, 2.75) is 0 Å². The number of hydrogen-bond donors (Lipinski definition) is 1. The van der Waals surface area contributed by atoms with E-state index < -0.39 is 0 Å². The molecule has 0 unspecified atom stereocenters. The molecule has 1 N–H and O–H groups in total. The summed E-state index contributed by atoms with van der Waals surface area (Å²) in [5.74, 6) is 0. The van der Waals surface area contributed by atoms with Crippen LogP contribution in [0.3, 0.4) is 0 Å². The highest BCUT2D eigenvalue weighted by molar-refractivity contribution is 6.31. The zero-order chi connectivity index (χ0) is 8.55. The Morgan fingerprint density at radius 3 is 3.08 bits per heavy atom. The molecule has 3 heteroatoms. The van der Waals surface area contributed by atoms with Crippen molar-refractivity contribution in [1.82, 2.24) is 10.2 Å². The average molecular weight is 179 g/mol. The second kappa shape index (κ2) is 2.64. The molecule has 0 atom stereocenters. The molecule has 2 aromatic rings. The second-order valence-corrected chi connectivity index (χ2v) is 2.97. The van der Waals surface area contributed by atoms with Gasteiger partial charge < -0.3 is 0 Å². The molecule has 0 aliphatic rings. The number of nitrogens with zero attached hydrogens (tertiary/aromatic N) is 1. The Morgan fingerprint density at radius 2 is 2.33 bits per heavy atom. The summed E-state index contributed by atoms with van der Waals surface area (Å²) in [6, 6.07) is 3.71. The number of hydrogen-bond acceptors (Lipinski definition) is 1. The molecule has 2 nitrogen and oxygen atoms in total. The summed E-state index contributed by atoms with van der Waals surface area (Å²) in [5.41, 5.74) is 1.95. The molecule has 0 saturated carbocycles. The quantitative estimate of drug-likeness (QED) is 0.715. The van der Waals surface area contributed by atoms with Crippen LogP contribution in [0.25, 0.3) is 17.0 Å². The van der Waals surface area contributed by atoms with Crippen LogP contribution in [0, 0.1) is 0 Å². The number of benzene rings is 1. The summed E-state index contributed by atoms with van der Waals surface area (Å²) in [4.78, 5) is 0. The molecule has 12 heavy (non-hydrogen) atoms. The second-order valence-electron chi connectivity index (χ2n) is 2.53. The van der Waals surface area contributed by atoms with Gasteiger partial charge in [-0.3, -0.25) is 5.10 Å². The van der Waals surface area contributed by atoms with Crippen LogP contribution in [0.1, 0.15) is 5.56 Å². The van der Waals surface area contributed by atoms with Gasteiger partial charge in [0.15, 0.2) is 0 Å². The maximum Gasteiger partial charge on any atom is 0.0671 e. The first-order chi connectivity index (χ1) is 5.81. The minimum Gasteiger partial charge on any atom is -0.278 e. The molecule has 1 aromatic heterocycles. The third kappa shape index (κ3) is 1.01. The molecule has 0 aliphatic heterocycles. The molecule has 0 fully saturated rings. The van der Waals surface area contributed by atoms with Crippen LogP contribution in [-0.4, -0.2) is 10.2 Å². The van der Waals surface area contributed by atoms with Crippen molar-refractivity contribution in [2.24, 2.45) is 0 Å². The lowest BCUT2D eigenvalue weighted by Gasteiger charge is -1.96. The van der Waals surface area contributed by atoms with Crippen LogP contribution in [0.5, 0.6) is 0 Å². The predicted molar refractivity (Wildman–Crippen MR) is 51.2 cm³/mol. The Kier molecular flexibility index (Phi) is 1.62. The summed E-state index contributed by atoms with van der Waals surface area (Å²) in [6.07, 6.45) is 3.53. The van der Waals surface area contributed by atoms with E-state index in [-0.39, 0.29) is 0 Å². The fourth-order valence-electron chi connectivity index (χ4n) is 1.21. The molecular formula is C9H7ClN2. The van der Waals surface area contributed by atoms with Gasteiger partial charge in [-0.2, -0.15) is 5.10 Å². The minimum absolute atomic E-state index is 0.696. The Morgan fingerprint density at radius 1 is 1.50 bits per heavy atom. The first-order valence-corrected chi connectivity index (χ1v) is 3.94. The third-order valence-electron chi connectivity index (χ3n) is 1.78. The number of H-pyrrole nitrogens is 1. The normalized spacial score (nSPS) is 10.4. The number of rotatable bonds is 1. The standard InChI is InChI=1S/C9H7ClN2/c1-2-6-3-7(10)4-9-8(6)5-11-12-9/h2-5H,1H2,(H,11,12). The Bertz CT molecular complexity index is 431. The van der Waals surface area contributed by atoms with Gasteiger partial charge in [0, 0.05) is 10.4 Å². The van der Waals surface area contributed by atoms with Crippen molar-refractivity contribution < 1.29 is 0 Å². The number of halogens is 1. The summed E-state index contributed by atoms with van der Waals surface area (Å²) >= 11 is 5.86. The zero-order valence-corrected chi connectivity index (χ0v) is 7.10. The Labute approximate surface area is 74.9 Å². The Balaban J connectivity index is 2.88. The molecule has 1 aromatic carbocycles. The maximum absolute atomic E-state index is 5.86. The van der Waals surface area contributed by atoms with Crippen molar-refractivity contribution in [3.63, 3.8) is 0 Å². The lowest BCUT2D eigenvalue weighted by Crippen LogP contribution is -1.74. The summed E-state index contributed by atoms with van der Waals surface area (Å²) < 4.78 is 0. The van der Waals surface area contributed by atoms with Crippen LogP contribution >= 0.6 is 11.6 Å². The first kappa shape index (κ1) is 7.37. The molecule has 0 amide bonds. The van der Waals surface area contributed by atoms with Gasteiger partial charge in [0.05, 0.1) is 11.7 Å². The molecule has 1 heterocycles. The van der Waals surface area contributed by atoms with Gasteiger partial charge in [-0.15, -0.1) is 0 Å². The van der Waals surface area contributed by atoms with E-state index in [1.54, 1.807) is 12.3 Å². The van der Waals surface area contributed by atoms with Gasteiger partial charge in [0.1, 0.15) is 0 Å². The summed E-state index contributed by atoms with van der Waals surface area (Å²) in [5, 5.41) is 8.52. The van der Waals surface area contributed by atoms with Crippen molar-refractivity contribution in [3.8, 4) is 0 Å². The fraction of sp³-hybridized carbons (Fsp3) is 0. The Hall–Kier alpha value is -1.28. The summed E-state index contributed by atoms with van der Waals surface area (Å²) in [7, 11) is 0. The van der Waals surface area contributed by atoms with E-state index in [1.807, 2.05) is 12.1 Å². The topological polar surface area (TPSA) is 28.7 Å². The van der Waals surface area contributed by atoms with Gasteiger partial charge in [0.25, 0.3) is 0 Å². The van der Waals surface area contributed by atoms with E-state index in [1.165, 1.54) is 0 Å². The fourth-order valence-corrected chi connectivity index (χ4v) is 1.44. The SMILES string of the molecule is C=Cc1cc(Cl)cc2[nH]ncc12. The number of fused-ring (bicyclic) bond motifs is 1. The van der Waals surface area contributed by atoms with Crippen molar-refractivity contribution in [3.05, 3.63) is 35.5 Å². The molecule has 0 aliphatic carbocycles. The van der Waals surface area contributed by atoms with E-state index >= 15 is 0 Å². The number of aromatic nitrogens is 2. The number of aromatic amines is 1. The molecule has 0 bridgehead atoms. The molecule has 0 saturated heterocycles. The van der Waals surface area contributed by atoms with Crippen LogP contribution in [0.4, 0.5) is 0 Å². The monoisotopic (exact) mass is 178 g/mol. The van der Waals surface area contributed by atoms with Crippen LogP contribution in [0.15, 0.2) is 24.9 Å². The highest BCUT2D eigenvalue weighted by atomic mass is 35.5. The van der Waals surface area contributed by atoms with Crippen LogP contribution < -0.4 is 0 Å². The summed E-state index contributed by atoms with van der Waals surface area (Å²) in [6.45, 7) is 3.70. The highest BCUT2D eigenvalue weighted by Crippen LogP contribution is 2.22. The lowest BCUT2D eigenvalue weighted by molar-refractivity contribution is 1.12. The molecule has 0 radical (unpaired) electrons. The van der Waals surface area contributed by atoms with Gasteiger partial charge in [-0.1, -0.05) is 24.3 Å². The minimum atomic E-state index is 0.696. The van der Waals surface area contributed by atoms with Crippen LogP contribution in [-0.2, 0) is 0 Å². The molecule has 2 rings (SSSR count). The smallest absolute Gasteiger partial charge is 0.0671 e. The van der Waals surface area contributed by atoms with E-state index in [9.17, 15) is 0 Å². The number of nitrogens with one attached hydrogen (secondary N) is 1.